The summed E-state index contributed by atoms with van der Waals surface area (Å²) < 4.78 is 11.3. The lowest BCUT2D eigenvalue weighted by Gasteiger charge is -2.11. The zero-order chi connectivity index (χ0) is 17.8. The summed E-state index contributed by atoms with van der Waals surface area (Å²) in [4.78, 5) is 13.5. The Morgan fingerprint density at radius 3 is 2.92 bits per heavy atom. The van der Waals surface area contributed by atoms with Gasteiger partial charge in [0.1, 0.15) is 11.1 Å². The van der Waals surface area contributed by atoms with Crippen LogP contribution < -0.4 is 4.74 Å². The van der Waals surface area contributed by atoms with Gasteiger partial charge in [-0.05, 0) is 24.6 Å². The highest BCUT2D eigenvalue weighted by atomic mass is 32.1. The molecule has 0 N–H and O–H groups in total. The molecule has 0 aromatic carbocycles. The van der Waals surface area contributed by atoms with E-state index in [1.807, 2.05) is 24.4 Å². The van der Waals surface area contributed by atoms with Crippen LogP contribution in [0.4, 0.5) is 0 Å². The maximum absolute atomic E-state index is 5.90. The number of aryl methyl sites for hydroxylation is 1. The van der Waals surface area contributed by atoms with E-state index in [1.165, 1.54) is 0 Å². The first kappa shape index (κ1) is 17.1. The van der Waals surface area contributed by atoms with Crippen molar-refractivity contribution in [2.45, 2.75) is 32.3 Å². The normalized spacial score (nSPS) is 16.7. The van der Waals surface area contributed by atoms with Crippen LogP contribution in [0.5, 0.6) is 5.88 Å². The molecule has 5 nitrogen and oxygen atoms in total. The summed E-state index contributed by atoms with van der Waals surface area (Å²) in [5, 5.41) is 3.08. The Morgan fingerprint density at radius 1 is 1.19 bits per heavy atom. The van der Waals surface area contributed by atoms with Gasteiger partial charge in [0.15, 0.2) is 0 Å². The second kappa shape index (κ2) is 7.93. The van der Waals surface area contributed by atoms with E-state index in [4.69, 9.17) is 14.5 Å². The van der Waals surface area contributed by atoms with Gasteiger partial charge in [-0.3, -0.25) is 4.98 Å². The molecule has 0 aliphatic carbocycles. The summed E-state index contributed by atoms with van der Waals surface area (Å²) in [5.41, 5.74) is 4.18. The Balaban J connectivity index is 1.55. The van der Waals surface area contributed by atoms with Crippen LogP contribution in [-0.2, 0) is 11.2 Å². The Morgan fingerprint density at radius 2 is 2.08 bits per heavy atom. The van der Waals surface area contributed by atoms with Crippen molar-refractivity contribution in [2.75, 3.05) is 13.2 Å². The maximum Gasteiger partial charge on any atom is 0.214 e. The number of pyridine rings is 2. The zero-order valence-corrected chi connectivity index (χ0v) is 15.5. The van der Waals surface area contributed by atoms with Gasteiger partial charge < -0.3 is 9.47 Å². The van der Waals surface area contributed by atoms with Crippen molar-refractivity contribution in [3.63, 3.8) is 0 Å². The average molecular weight is 367 g/mol. The van der Waals surface area contributed by atoms with Gasteiger partial charge in [0.05, 0.1) is 18.9 Å². The minimum Gasteiger partial charge on any atom is -0.472 e. The van der Waals surface area contributed by atoms with Gasteiger partial charge in [0, 0.05) is 47.1 Å². The molecular weight excluding hydrogens is 346 g/mol. The van der Waals surface area contributed by atoms with E-state index in [0.717, 1.165) is 53.4 Å². The summed E-state index contributed by atoms with van der Waals surface area (Å²) in [7, 11) is 0. The van der Waals surface area contributed by atoms with Gasteiger partial charge in [-0.1, -0.05) is 13.3 Å². The number of hydrogen-bond donors (Lipinski definition) is 0. The fourth-order valence-electron chi connectivity index (χ4n) is 2.95. The SMILES string of the molecule is CCCc1cc(-c2nc(-c3ccnc(O[C@H]4CCOC4)c3)cs2)ccn1. The van der Waals surface area contributed by atoms with Crippen LogP contribution in [0.1, 0.15) is 25.5 Å². The standard InChI is InChI=1S/C20H21N3O2S/c1-2-3-16-10-15(5-7-21-16)20-23-18(13-26-20)14-4-8-22-19(11-14)25-17-6-9-24-12-17/h4-5,7-8,10-11,13,17H,2-3,6,9,12H2,1H3/t17-/m0/s1. The molecule has 4 heterocycles. The van der Waals surface area contributed by atoms with Crippen molar-refractivity contribution < 1.29 is 9.47 Å². The molecule has 0 radical (unpaired) electrons. The molecule has 3 aromatic rings. The van der Waals surface area contributed by atoms with Gasteiger partial charge in [-0.25, -0.2) is 9.97 Å². The molecule has 26 heavy (non-hydrogen) atoms. The average Bonchev–Trinajstić information content (AvgIpc) is 3.34. The monoisotopic (exact) mass is 367 g/mol. The van der Waals surface area contributed by atoms with Crippen LogP contribution in [-0.4, -0.2) is 34.3 Å². The predicted molar refractivity (Wildman–Crippen MR) is 102 cm³/mol. The molecule has 134 valence electrons. The third kappa shape index (κ3) is 3.92. The number of nitrogens with zero attached hydrogens (tertiary/aromatic N) is 3. The lowest BCUT2D eigenvalue weighted by molar-refractivity contribution is 0.138. The predicted octanol–water partition coefficient (Wildman–Crippen LogP) is 4.39. The highest BCUT2D eigenvalue weighted by Gasteiger charge is 2.18. The van der Waals surface area contributed by atoms with Gasteiger partial charge in [-0.2, -0.15) is 0 Å². The molecule has 3 aromatic heterocycles. The minimum atomic E-state index is 0.0950. The van der Waals surface area contributed by atoms with Crippen LogP contribution in [0.2, 0.25) is 0 Å². The molecule has 1 aliphatic heterocycles. The number of thiazole rings is 1. The molecule has 1 atom stereocenters. The molecule has 0 spiro atoms. The van der Waals surface area contributed by atoms with Crippen LogP contribution in [0.25, 0.3) is 21.8 Å². The second-order valence-electron chi connectivity index (χ2n) is 6.31. The first-order valence-electron chi connectivity index (χ1n) is 8.93. The Kier molecular flexibility index (Phi) is 5.22. The van der Waals surface area contributed by atoms with Crippen molar-refractivity contribution in [2.24, 2.45) is 0 Å². The van der Waals surface area contributed by atoms with E-state index in [2.05, 4.69) is 28.3 Å². The van der Waals surface area contributed by atoms with E-state index in [1.54, 1.807) is 17.5 Å². The van der Waals surface area contributed by atoms with E-state index in [0.29, 0.717) is 12.5 Å². The van der Waals surface area contributed by atoms with Crippen LogP contribution in [0.3, 0.4) is 0 Å². The number of rotatable bonds is 6. The van der Waals surface area contributed by atoms with Gasteiger partial charge in [-0.15, -0.1) is 11.3 Å². The molecule has 0 unspecified atom stereocenters. The molecule has 4 rings (SSSR count). The van der Waals surface area contributed by atoms with E-state index >= 15 is 0 Å². The van der Waals surface area contributed by atoms with E-state index in [-0.39, 0.29) is 6.10 Å². The van der Waals surface area contributed by atoms with Crippen molar-refractivity contribution in [3.05, 3.63) is 47.7 Å². The Hall–Kier alpha value is -2.31. The lowest BCUT2D eigenvalue weighted by Crippen LogP contribution is -2.16. The Bertz CT molecular complexity index is 875. The summed E-state index contributed by atoms with van der Waals surface area (Å²) in [5.74, 6) is 0.627. The molecule has 1 aliphatic rings. The quantitative estimate of drug-likeness (QED) is 0.647. The number of ether oxygens (including phenoxy) is 2. The van der Waals surface area contributed by atoms with Crippen LogP contribution >= 0.6 is 11.3 Å². The largest absolute Gasteiger partial charge is 0.472 e. The van der Waals surface area contributed by atoms with Crippen molar-refractivity contribution in [1.82, 2.24) is 15.0 Å². The van der Waals surface area contributed by atoms with Gasteiger partial charge in [0.2, 0.25) is 5.88 Å². The van der Waals surface area contributed by atoms with E-state index < -0.39 is 0 Å². The molecule has 1 saturated heterocycles. The third-order valence-corrected chi connectivity index (χ3v) is 5.17. The lowest BCUT2D eigenvalue weighted by atomic mass is 10.1. The molecule has 0 bridgehead atoms. The summed E-state index contributed by atoms with van der Waals surface area (Å²) in [6, 6.07) is 8.06. The first-order chi connectivity index (χ1) is 12.8. The fraction of sp³-hybridized carbons (Fsp3) is 0.350. The minimum absolute atomic E-state index is 0.0950. The van der Waals surface area contributed by atoms with Crippen molar-refractivity contribution in [3.8, 4) is 27.7 Å². The molecule has 0 amide bonds. The maximum atomic E-state index is 5.90. The summed E-state index contributed by atoms with van der Waals surface area (Å²) in [6.45, 7) is 3.55. The summed E-state index contributed by atoms with van der Waals surface area (Å²) in [6.07, 6.45) is 6.72. The molecule has 6 heteroatoms. The fourth-order valence-corrected chi connectivity index (χ4v) is 3.78. The zero-order valence-electron chi connectivity index (χ0n) is 14.7. The second-order valence-corrected chi connectivity index (χ2v) is 7.17. The molecular formula is C20H21N3O2S. The molecule has 0 saturated carbocycles. The van der Waals surface area contributed by atoms with Crippen LogP contribution in [0.15, 0.2) is 42.0 Å². The number of aromatic nitrogens is 3. The highest BCUT2D eigenvalue weighted by molar-refractivity contribution is 7.13. The smallest absolute Gasteiger partial charge is 0.214 e. The number of hydrogen-bond acceptors (Lipinski definition) is 6. The summed E-state index contributed by atoms with van der Waals surface area (Å²) >= 11 is 1.64. The van der Waals surface area contributed by atoms with Crippen molar-refractivity contribution >= 4 is 11.3 Å². The highest BCUT2D eigenvalue weighted by Crippen LogP contribution is 2.30. The Labute approximate surface area is 157 Å². The first-order valence-corrected chi connectivity index (χ1v) is 9.81. The third-order valence-electron chi connectivity index (χ3n) is 4.28. The van der Waals surface area contributed by atoms with Crippen molar-refractivity contribution in [1.29, 1.82) is 0 Å². The van der Waals surface area contributed by atoms with Gasteiger partial charge >= 0.3 is 0 Å². The topological polar surface area (TPSA) is 57.1 Å². The van der Waals surface area contributed by atoms with Gasteiger partial charge in [0.25, 0.3) is 0 Å². The van der Waals surface area contributed by atoms with E-state index in [9.17, 15) is 0 Å². The van der Waals surface area contributed by atoms with Crippen LogP contribution in [0, 0.1) is 0 Å². The molecule has 1 fully saturated rings.